The molecular formula is C27H39N3. The molecule has 4 fully saturated rings. The first kappa shape index (κ1) is 20.3. The van der Waals surface area contributed by atoms with Crippen LogP contribution in [0.4, 0.5) is 11.4 Å². The fourth-order valence-corrected chi connectivity index (χ4v) is 6.81. The van der Waals surface area contributed by atoms with Gasteiger partial charge in [-0.15, -0.1) is 0 Å². The normalized spacial score (nSPS) is 35.0. The Morgan fingerprint density at radius 2 is 1.47 bits per heavy atom. The zero-order valence-electron chi connectivity index (χ0n) is 18.8. The molecule has 1 aromatic carbocycles. The highest BCUT2D eigenvalue weighted by Gasteiger charge is 2.37. The van der Waals surface area contributed by atoms with Gasteiger partial charge in [0.2, 0.25) is 0 Å². The van der Waals surface area contributed by atoms with Crippen LogP contribution in [0, 0.1) is 11.8 Å². The third-order valence-electron chi connectivity index (χ3n) is 8.31. The molecule has 0 radical (unpaired) electrons. The molecule has 0 aromatic heterocycles. The quantitative estimate of drug-likeness (QED) is 0.559. The van der Waals surface area contributed by atoms with Crippen molar-refractivity contribution in [1.82, 2.24) is 5.32 Å². The number of para-hydroxylation sites is 2. The second kappa shape index (κ2) is 8.86. The lowest BCUT2D eigenvalue weighted by atomic mass is 9.72. The van der Waals surface area contributed by atoms with Crippen LogP contribution in [0.2, 0.25) is 0 Å². The number of nitrogens with one attached hydrogen (secondary N) is 1. The predicted molar refractivity (Wildman–Crippen MR) is 128 cm³/mol. The Balaban J connectivity index is 0.000000178. The van der Waals surface area contributed by atoms with Crippen molar-refractivity contribution in [2.24, 2.45) is 16.8 Å². The van der Waals surface area contributed by atoms with Gasteiger partial charge in [0.05, 0.1) is 22.8 Å². The molecule has 0 spiro atoms. The molecule has 6 rings (SSSR count). The molecule has 3 nitrogen and oxygen atoms in total. The Hall–Kier alpha value is -1.61. The summed E-state index contributed by atoms with van der Waals surface area (Å²) < 4.78 is 0. The minimum atomic E-state index is 0.556. The van der Waals surface area contributed by atoms with Gasteiger partial charge >= 0.3 is 0 Å². The average molecular weight is 406 g/mol. The van der Waals surface area contributed by atoms with Crippen LogP contribution < -0.4 is 10.2 Å². The summed E-state index contributed by atoms with van der Waals surface area (Å²) in [5.74, 6) is 2.30. The maximum Gasteiger partial charge on any atom is 0.0870 e. The fourth-order valence-electron chi connectivity index (χ4n) is 6.81. The summed E-state index contributed by atoms with van der Waals surface area (Å²) in [6, 6.07) is 10.4. The lowest BCUT2D eigenvalue weighted by Gasteiger charge is -2.46. The third-order valence-corrected chi connectivity index (χ3v) is 8.31. The molecule has 30 heavy (non-hydrogen) atoms. The highest BCUT2D eigenvalue weighted by Crippen LogP contribution is 2.41. The Bertz CT molecular complexity index is 765. The zero-order valence-corrected chi connectivity index (χ0v) is 18.8. The lowest BCUT2D eigenvalue weighted by Crippen LogP contribution is -2.55. The number of aliphatic imine (C=N–C) groups is 1. The smallest absolute Gasteiger partial charge is 0.0870 e. The minimum Gasteiger partial charge on any atom is -0.335 e. The van der Waals surface area contributed by atoms with Crippen LogP contribution in [-0.2, 0) is 0 Å². The van der Waals surface area contributed by atoms with E-state index in [1.807, 2.05) is 0 Å². The van der Waals surface area contributed by atoms with Crippen molar-refractivity contribution in [3.05, 3.63) is 36.5 Å². The van der Waals surface area contributed by atoms with E-state index in [0.29, 0.717) is 18.1 Å². The molecule has 1 N–H and O–H groups in total. The summed E-state index contributed by atoms with van der Waals surface area (Å²) >= 11 is 0. The highest BCUT2D eigenvalue weighted by atomic mass is 15.2. The van der Waals surface area contributed by atoms with E-state index in [4.69, 9.17) is 4.99 Å². The molecule has 2 aliphatic carbocycles. The second-order valence-electron chi connectivity index (χ2n) is 10.4. The first-order valence-corrected chi connectivity index (χ1v) is 12.6. The van der Waals surface area contributed by atoms with E-state index in [-0.39, 0.29) is 0 Å². The first-order chi connectivity index (χ1) is 14.7. The molecular weight excluding hydrogens is 366 g/mol. The van der Waals surface area contributed by atoms with Crippen molar-refractivity contribution in [2.45, 2.75) is 102 Å². The van der Waals surface area contributed by atoms with Gasteiger partial charge in [-0.25, -0.2) is 4.99 Å². The molecule has 162 valence electrons. The molecule has 1 aromatic rings. The number of allylic oxidation sites excluding steroid dienone is 1. The third kappa shape index (κ3) is 4.23. The van der Waals surface area contributed by atoms with Gasteiger partial charge in [-0.3, -0.25) is 0 Å². The van der Waals surface area contributed by atoms with Crippen LogP contribution in [0.5, 0.6) is 0 Å². The van der Waals surface area contributed by atoms with Crippen LogP contribution >= 0.6 is 0 Å². The molecule has 2 atom stereocenters. The van der Waals surface area contributed by atoms with Crippen molar-refractivity contribution >= 4 is 17.1 Å². The molecule has 3 heterocycles. The number of anilines is 1. The Morgan fingerprint density at radius 3 is 2.10 bits per heavy atom. The van der Waals surface area contributed by atoms with Gasteiger partial charge in [-0.05, 0) is 63.0 Å². The molecule has 3 aliphatic heterocycles. The minimum absolute atomic E-state index is 0.556. The van der Waals surface area contributed by atoms with Gasteiger partial charge < -0.3 is 10.2 Å². The molecule has 3 heteroatoms. The molecule has 2 unspecified atom stereocenters. The van der Waals surface area contributed by atoms with E-state index in [1.165, 1.54) is 50.6 Å². The number of hydrogen-bond donors (Lipinski definition) is 1. The number of piperidine rings is 2. The Morgan fingerprint density at radius 1 is 0.867 bits per heavy atom. The first-order valence-electron chi connectivity index (χ1n) is 12.6. The Kier molecular flexibility index (Phi) is 6.00. The van der Waals surface area contributed by atoms with E-state index in [1.54, 1.807) is 32.1 Å². The topological polar surface area (TPSA) is 27.6 Å². The van der Waals surface area contributed by atoms with Gasteiger partial charge in [-0.2, -0.15) is 0 Å². The molecule has 2 saturated carbocycles. The van der Waals surface area contributed by atoms with E-state index >= 15 is 0 Å². The summed E-state index contributed by atoms with van der Waals surface area (Å²) in [7, 11) is 0. The summed E-state index contributed by atoms with van der Waals surface area (Å²) in [6.07, 6.45) is 17.3. The van der Waals surface area contributed by atoms with Crippen molar-refractivity contribution in [3.63, 3.8) is 0 Å². The number of nitrogens with zero attached hydrogens (tertiary/aromatic N) is 2. The van der Waals surface area contributed by atoms with E-state index in [9.17, 15) is 0 Å². The van der Waals surface area contributed by atoms with Crippen LogP contribution in [0.15, 0.2) is 41.5 Å². The van der Waals surface area contributed by atoms with Gasteiger partial charge in [0.1, 0.15) is 0 Å². The largest absolute Gasteiger partial charge is 0.335 e. The molecule has 0 amide bonds. The number of hydrogen-bond acceptors (Lipinski definition) is 3. The summed E-state index contributed by atoms with van der Waals surface area (Å²) in [4.78, 5) is 7.17. The standard InChI is InChI=1S/C18H23N3.C9H16/c1-12-13(2)21(18-9-4-3-8-17(18)19-12)16-10-14-6-5-7-15(11-16)20-14;1-3-8-5-2-6-9(4-1)7-8/h3-4,8-9,14-16,20H,2,5-7,10-11H2,1H3;8-9H,1-7H2. The summed E-state index contributed by atoms with van der Waals surface area (Å²) in [5.41, 5.74) is 4.46. The Labute approximate surface area is 183 Å². The van der Waals surface area contributed by atoms with Crippen molar-refractivity contribution in [1.29, 1.82) is 0 Å². The molecule has 5 aliphatic rings. The van der Waals surface area contributed by atoms with Crippen molar-refractivity contribution in [3.8, 4) is 0 Å². The van der Waals surface area contributed by atoms with Crippen LogP contribution in [0.1, 0.15) is 84.0 Å². The van der Waals surface area contributed by atoms with Crippen molar-refractivity contribution < 1.29 is 0 Å². The predicted octanol–water partition coefficient (Wildman–Crippen LogP) is 6.76. The number of rotatable bonds is 1. The summed E-state index contributed by atoms with van der Waals surface area (Å²) in [6.45, 7) is 6.40. The maximum atomic E-state index is 4.70. The second-order valence-corrected chi connectivity index (χ2v) is 10.4. The monoisotopic (exact) mass is 405 g/mol. The zero-order chi connectivity index (χ0) is 20.5. The average Bonchev–Trinajstić information content (AvgIpc) is 2.75. The van der Waals surface area contributed by atoms with Crippen LogP contribution in [0.25, 0.3) is 0 Å². The van der Waals surface area contributed by atoms with Crippen LogP contribution in [-0.4, -0.2) is 23.8 Å². The van der Waals surface area contributed by atoms with Gasteiger partial charge in [0.25, 0.3) is 0 Å². The highest BCUT2D eigenvalue weighted by molar-refractivity contribution is 6.06. The fraction of sp³-hybridized carbons (Fsp3) is 0.667. The van der Waals surface area contributed by atoms with Gasteiger partial charge in [0, 0.05) is 18.1 Å². The molecule has 2 saturated heterocycles. The lowest BCUT2D eigenvalue weighted by molar-refractivity contribution is 0.190. The van der Waals surface area contributed by atoms with Gasteiger partial charge in [-0.1, -0.05) is 63.7 Å². The van der Waals surface area contributed by atoms with E-state index in [0.717, 1.165) is 28.9 Å². The van der Waals surface area contributed by atoms with E-state index in [2.05, 4.69) is 48.0 Å². The van der Waals surface area contributed by atoms with Crippen molar-refractivity contribution in [2.75, 3.05) is 4.90 Å². The van der Waals surface area contributed by atoms with E-state index < -0.39 is 0 Å². The number of benzene rings is 1. The number of fused-ring (bicyclic) bond motifs is 5. The maximum absolute atomic E-state index is 4.70. The summed E-state index contributed by atoms with van der Waals surface area (Å²) in [5, 5.41) is 3.79. The SMILES string of the molecule is C1CC2CCCC(C1)C2.C=C1C(C)=Nc2ccccc2N1C1CC2CCCC(C1)N2. The van der Waals surface area contributed by atoms with Gasteiger partial charge in [0.15, 0.2) is 0 Å². The molecule has 4 bridgehead atoms. The van der Waals surface area contributed by atoms with Crippen LogP contribution in [0.3, 0.4) is 0 Å².